The molecule has 1 aromatic carbocycles. The molecular formula is C14H17N3. The van der Waals surface area contributed by atoms with Crippen molar-refractivity contribution in [3.8, 4) is 11.3 Å². The number of benzene rings is 1. The molecule has 3 rings (SSSR count). The Labute approximate surface area is 101 Å². The predicted octanol–water partition coefficient (Wildman–Crippen LogP) is 2.08. The molecule has 0 aliphatic heterocycles. The van der Waals surface area contributed by atoms with E-state index in [9.17, 15) is 0 Å². The van der Waals surface area contributed by atoms with Crippen LogP contribution in [0.15, 0.2) is 30.3 Å². The summed E-state index contributed by atoms with van der Waals surface area (Å²) >= 11 is 0. The fourth-order valence-corrected chi connectivity index (χ4v) is 2.80. The van der Waals surface area contributed by atoms with Gasteiger partial charge in [-0.3, -0.25) is 4.68 Å². The van der Waals surface area contributed by atoms with Crippen LogP contribution in [0.5, 0.6) is 0 Å². The van der Waals surface area contributed by atoms with Gasteiger partial charge in [0.1, 0.15) is 0 Å². The van der Waals surface area contributed by atoms with E-state index in [1.165, 1.54) is 16.8 Å². The molecule has 2 aromatic rings. The topological polar surface area (TPSA) is 43.8 Å². The Kier molecular flexibility index (Phi) is 2.48. The van der Waals surface area contributed by atoms with Crippen molar-refractivity contribution < 1.29 is 0 Å². The lowest BCUT2D eigenvalue weighted by atomic mass is 9.98. The number of hydrogen-bond acceptors (Lipinski definition) is 2. The summed E-state index contributed by atoms with van der Waals surface area (Å²) in [6.07, 6.45) is 2.27. The minimum Gasteiger partial charge on any atom is -0.330 e. The Hall–Kier alpha value is -1.61. The second-order valence-electron chi connectivity index (χ2n) is 4.67. The summed E-state index contributed by atoms with van der Waals surface area (Å²) < 4.78 is 2.02. The molecule has 0 saturated carbocycles. The molecule has 1 aromatic heterocycles. The molecule has 0 fully saturated rings. The van der Waals surface area contributed by atoms with Crippen molar-refractivity contribution in [3.05, 3.63) is 41.6 Å². The number of hydrogen-bond donors (Lipinski definition) is 1. The summed E-state index contributed by atoms with van der Waals surface area (Å²) in [5, 5.41) is 4.66. The van der Waals surface area contributed by atoms with Crippen molar-refractivity contribution in [1.82, 2.24) is 9.78 Å². The molecule has 0 bridgehead atoms. The van der Waals surface area contributed by atoms with Gasteiger partial charge in [-0.05, 0) is 19.4 Å². The van der Waals surface area contributed by atoms with Crippen molar-refractivity contribution in [1.29, 1.82) is 0 Å². The molecule has 17 heavy (non-hydrogen) atoms. The first-order chi connectivity index (χ1) is 8.31. The number of nitrogens with two attached hydrogens (primary N) is 1. The highest BCUT2D eigenvalue weighted by atomic mass is 15.3. The second kappa shape index (κ2) is 4.00. The minimum absolute atomic E-state index is 0.480. The predicted molar refractivity (Wildman–Crippen MR) is 68.8 cm³/mol. The third-order valence-corrected chi connectivity index (χ3v) is 3.68. The summed E-state index contributed by atoms with van der Waals surface area (Å²) in [4.78, 5) is 0. The Morgan fingerprint density at radius 1 is 1.35 bits per heavy atom. The van der Waals surface area contributed by atoms with Gasteiger partial charge in [-0.2, -0.15) is 5.10 Å². The summed E-state index contributed by atoms with van der Waals surface area (Å²) in [5.74, 6) is 0.480. The van der Waals surface area contributed by atoms with Gasteiger partial charge in [0.2, 0.25) is 0 Å². The molecule has 0 amide bonds. The highest BCUT2D eigenvalue weighted by Gasteiger charge is 2.29. The van der Waals surface area contributed by atoms with E-state index in [2.05, 4.69) is 29.4 Å². The van der Waals surface area contributed by atoms with Crippen LogP contribution in [0, 0.1) is 0 Å². The van der Waals surface area contributed by atoms with Crippen molar-refractivity contribution in [2.24, 2.45) is 12.8 Å². The molecule has 0 radical (unpaired) electrons. The molecule has 1 unspecified atom stereocenters. The van der Waals surface area contributed by atoms with Crippen molar-refractivity contribution >= 4 is 0 Å². The molecule has 0 spiro atoms. The summed E-state index contributed by atoms with van der Waals surface area (Å²) in [6, 6.07) is 10.4. The fraction of sp³-hybridized carbons (Fsp3) is 0.357. The zero-order valence-corrected chi connectivity index (χ0v) is 10.1. The first-order valence-electron chi connectivity index (χ1n) is 6.12. The smallest absolute Gasteiger partial charge is 0.0961 e. The monoisotopic (exact) mass is 227 g/mol. The van der Waals surface area contributed by atoms with Gasteiger partial charge in [-0.25, -0.2) is 0 Å². The maximum Gasteiger partial charge on any atom is 0.0961 e. The third kappa shape index (κ3) is 1.58. The maximum absolute atomic E-state index is 5.87. The first-order valence-corrected chi connectivity index (χ1v) is 6.12. The quantitative estimate of drug-likeness (QED) is 0.853. The number of aryl methyl sites for hydroxylation is 1. The number of rotatable bonds is 2. The van der Waals surface area contributed by atoms with Gasteiger partial charge in [0.25, 0.3) is 0 Å². The maximum atomic E-state index is 5.87. The Morgan fingerprint density at radius 3 is 2.82 bits per heavy atom. The molecule has 0 saturated heterocycles. The summed E-state index contributed by atoms with van der Waals surface area (Å²) in [6.45, 7) is 0.721. The molecule has 3 nitrogen and oxygen atoms in total. The Balaban J connectivity index is 2.16. The van der Waals surface area contributed by atoms with E-state index in [-0.39, 0.29) is 0 Å². The van der Waals surface area contributed by atoms with Crippen LogP contribution in [0.25, 0.3) is 11.3 Å². The van der Waals surface area contributed by atoms with Crippen LogP contribution in [0.4, 0.5) is 0 Å². The summed E-state index contributed by atoms with van der Waals surface area (Å²) in [7, 11) is 2.03. The SMILES string of the molecule is Cn1nc(-c2ccccc2)c2c1CCC2CN. The molecular weight excluding hydrogens is 210 g/mol. The highest BCUT2D eigenvalue weighted by molar-refractivity contribution is 5.66. The number of aromatic nitrogens is 2. The zero-order valence-electron chi connectivity index (χ0n) is 10.1. The lowest BCUT2D eigenvalue weighted by molar-refractivity contribution is 0.660. The summed E-state index contributed by atoms with van der Waals surface area (Å²) in [5.41, 5.74) is 10.9. The van der Waals surface area contributed by atoms with Crippen molar-refractivity contribution in [2.75, 3.05) is 6.54 Å². The van der Waals surface area contributed by atoms with E-state index >= 15 is 0 Å². The number of nitrogens with zero attached hydrogens (tertiary/aromatic N) is 2. The Morgan fingerprint density at radius 2 is 2.12 bits per heavy atom. The van der Waals surface area contributed by atoms with E-state index in [1.54, 1.807) is 0 Å². The van der Waals surface area contributed by atoms with E-state index in [1.807, 2.05) is 17.8 Å². The molecule has 1 aliphatic rings. The average Bonchev–Trinajstić information content (AvgIpc) is 2.92. The Bertz CT molecular complexity index is 528. The van der Waals surface area contributed by atoms with E-state index in [4.69, 9.17) is 5.73 Å². The van der Waals surface area contributed by atoms with Gasteiger partial charge in [-0.1, -0.05) is 30.3 Å². The lowest BCUT2D eigenvalue weighted by Crippen LogP contribution is -2.09. The lowest BCUT2D eigenvalue weighted by Gasteiger charge is -2.08. The van der Waals surface area contributed by atoms with Gasteiger partial charge >= 0.3 is 0 Å². The van der Waals surface area contributed by atoms with Crippen LogP contribution in [-0.4, -0.2) is 16.3 Å². The third-order valence-electron chi connectivity index (χ3n) is 3.68. The molecule has 88 valence electrons. The molecule has 2 N–H and O–H groups in total. The first kappa shape index (κ1) is 10.5. The highest BCUT2D eigenvalue weighted by Crippen LogP contribution is 2.38. The van der Waals surface area contributed by atoms with Crippen LogP contribution >= 0.6 is 0 Å². The molecule has 3 heteroatoms. The van der Waals surface area contributed by atoms with Crippen LogP contribution < -0.4 is 5.73 Å². The van der Waals surface area contributed by atoms with E-state index in [0.29, 0.717) is 5.92 Å². The van der Waals surface area contributed by atoms with Crippen molar-refractivity contribution in [2.45, 2.75) is 18.8 Å². The van der Waals surface area contributed by atoms with Crippen LogP contribution in [0.3, 0.4) is 0 Å². The van der Waals surface area contributed by atoms with Crippen LogP contribution in [-0.2, 0) is 13.5 Å². The van der Waals surface area contributed by atoms with E-state index in [0.717, 1.165) is 25.1 Å². The minimum atomic E-state index is 0.480. The van der Waals surface area contributed by atoms with E-state index < -0.39 is 0 Å². The van der Waals surface area contributed by atoms with Crippen LogP contribution in [0.1, 0.15) is 23.6 Å². The molecule has 1 aliphatic carbocycles. The standard InChI is InChI=1S/C14H17N3/c1-17-12-8-7-11(9-15)13(12)14(16-17)10-5-3-2-4-6-10/h2-6,11H,7-9,15H2,1H3. The molecule has 1 heterocycles. The van der Waals surface area contributed by atoms with Gasteiger partial charge in [0.05, 0.1) is 5.69 Å². The molecule has 1 atom stereocenters. The van der Waals surface area contributed by atoms with Gasteiger partial charge < -0.3 is 5.73 Å². The second-order valence-corrected chi connectivity index (χ2v) is 4.67. The number of fused-ring (bicyclic) bond motifs is 1. The average molecular weight is 227 g/mol. The van der Waals surface area contributed by atoms with Gasteiger partial charge in [0, 0.05) is 29.8 Å². The van der Waals surface area contributed by atoms with Crippen molar-refractivity contribution in [3.63, 3.8) is 0 Å². The van der Waals surface area contributed by atoms with Gasteiger partial charge in [-0.15, -0.1) is 0 Å². The largest absolute Gasteiger partial charge is 0.330 e. The normalized spacial score (nSPS) is 18.4. The fourth-order valence-electron chi connectivity index (χ4n) is 2.80. The zero-order chi connectivity index (χ0) is 11.8. The van der Waals surface area contributed by atoms with Crippen LogP contribution in [0.2, 0.25) is 0 Å². The van der Waals surface area contributed by atoms with Gasteiger partial charge in [0.15, 0.2) is 0 Å².